The lowest BCUT2D eigenvalue weighted by Crippen LogP contribution is -2.20. The smallest absolute Gasteiger partial charge is 0.115 e. The van der Waals surface area contributed by atoms with E-state index >= 15 is 0 Å². The number of aryl methyl sites for hydroxylation is 1. The summed E-state index contributed by atoms with van der Waals surface area (Å²) in [7, 11) is 3.76. The molecule has 1 atom stereocenters. The van der Waals surface area contributed by atoms with E-state index in [1.54, 1.807) is 17.2 Å². The molecule has 0 saturated carbocycles. The summed E-state index contributed by atoms with van der Waals surface area (Å²) in [6, 6.07) is 2.04. The Bertz CT molecular complexity index is 438. The van der Waals surface area contributed by atoms with E-state index in [2.05, 4.69) is 25.6 Å². The van der Waals surface area contributed by atoms with Gasteiger partial charge in [-0.2, -0.15) is 0 Å². The van der Waals surface area contributed by atoms with Crippen molar-refractivity contribution in [1.82, 2.24) is 30.3 Å². The summed E-state index contributed by atoms with van der Waals surface area (Å²) in [5.41, 5.74) is 1.91. The fourth-order valence-electron chi connectivity index (χ4n) is 1.56. The molecular weight excluding hydrogens is 204 g/mol. The van der Waals surface area contributed by atoms with Crippen molar-refractivity contribution in [1.29, 1.82) is 0 Å². The topological polar surface area (TPSA) is 68.5 Å². The number of hydrogen-bond acceptors (Lipinski definition) is 5. The number of hydrogen-bond donors (Lipinski definition) is 1. The Morgan fingerprint density at radius 3 is 2.94 bits per heavy atom. The van der Waals surface area contributed by atoms with Gasteiger partial charge in [0.15, 0.2) is 0 Å². The predicted molar refractivity (Wildman–Crippen MR) is 58.5 cm³/mol. The zero-order valence-corrected chi connectivity index (χ0v) is 9.33. The molecule has 16 heavy (non-hydrogen) atoms. The molecule has 0 spiro atoms. The third-order valence-corrected chi connectivity index (χ3v) is 2.37. The van der Waals surface area contributed by atoms with E-state index < -0.39 is 0 Å². The van der Waals surface area contributed by atoms with E-state index in [0.717, 1.165) is 17.8 Å². The average molecular weight is 218 g/mol. The van der Waals surface area contributed by atoms with Gasteiger partial charge in [-0.25, -0.2) is 9.97 Å². The molecule has 0 fully saturated rings. The van der Waals surface area contributed by atoms with Crippen molar-refractivity contribution in [3.63, 3.8) is 0 Å². The summed E-state index contributed by atoms with van der Waals surface area (Å²) in [4.78, 5) is 8.13. The maximum absolute atomic E-state index is 4.22. The van der Waals surface area contributed by atoms with Crippen LogP contribution in [0.1, 0.15) is 17.4 Å². The highest BCUT2D eigenvalue weighted by Gasteiger charge is 2.12. The second kappa shape index (κ2) is 4.80. The summed E-state index contributed by atoms with van der Waals surface area (Å²) in [5, 5.41) is 11.2. The Morgan fingerprint density at radius 1 is 1.50 bits per heavy atom. The summed E-state index contributed by atoms with van der Waals surface area (Å²) in [6.07, 6.45) is 5.96. The van der Waals surface area contributed by atoms with E-state index in [4.69, 9.17) is 0 Å². The second-order valence-electron chi connectivity index (χ2n) is 3.56. The highest BCUT2D eigenvalue weighted by Crippen LogP contribution is 2.13. The first-order valence-electron chi connectivity index (χ1n) is 5.08. The van der Waals surface area contributed by atoms with E-state index in [-0.39, 0.29) is 6.04 Å². The van der Waals surface area contributed by atoms with Crippen LogP contribution >= 0.6 is 0 Å². The molecule has 1 N–H and O–H groups in total. The van der Waals surface area contributed by atoms with E-state index in [1.165, 1.54) is 0 Å². The first-order chi connectivity index (χ1) is 7.79. The van der Waals surface area contributed by atoms with Gasteiger partial charge >= 0.3 is 0 Å². The molecule has 6 nitrogen and oxygen atoms in total. The first-order valence-corrected chi connectivity index (χ1v) is 5.08. The second-order valence-corrected chi connectivity index (χ2v) is 3.56. The van der Waals surface area contributed by atoms with Crippen molar-refractivity contribution in [2.75, 3.05) is 7.05 Å². The van der Waals surface area contributed by atoms with Crippen LogP contribution in [0.25, 0.3) is 0 Å². The Hall–Kier alpha value is -1.82. The van der Waals surface area contributed by atoms with Crippen LogP contribution in [0.4, 0.5) is 0 Å². The molecule has 2 rings (SSSR count). The Morgan fingerprint density at radius 2 is 2.38 bits per heavy atom. The van der Waals surface area contributed by atoms with Gasteiger partial charge in [0.25, 0.3) is 0 Å². The molecule has 0 aliphatic heterocycles. The Labute approximate surface area is 93.7 Å². The van der Waals surface area contributed by atoms with Crippen molar-refractivity contribution in [3.8, 4) is 0 Å². The number of likely N-dealkylation sites (N-methyl/N-ethyl adjacent to an activating group) is 1. The van der Waals surface area contributed by atoms with Gasteiger partial charge in [0.1, 0.15) is 6.33 Å². The van der Waals surface area contributed by atoms with Crippen LogP contribution < -0.4 is 5.32 Å². The van der Waals surface area contributed by atoms with Gasteiger partial charge in [-0.05, 0) is 13.1 Å². The van der Waals surface area contributed by atoms with Crippen LogP contribution in [-0.4, -0.2) is 32.0 Å². The number of nitrogens with zero attached hydrogens (tertiary/aromatic N) is 5. The first kappa shape index (κ1) is 10.7. The highest BCUT2D eigenvalue weighted by molar-refractivity contribution is 5.09. The van der Waals surface area contributed by atoms with Crippen LogP contribution in [0.5, 0.6) is 0 Å². The van der Waals surface area contributed by atoms with E-state index in [9.17, 15) is 0 Å². The fourth-order valence-corrected chi connectivity index (χ4v) is 1.56. The van der Waals surface area contributed by atoms with Crippen molar-refractivity contribution in [2.24, 2.45) is 7.05 Å². The number of nitrogens with one attached hydrogen (secondary N) is 1. The minimum Gasteiger partial charge on any atom is -0.311 e. The molecule has 0 amide bonds. The minimum absolute atomic E-state index is 0.139. The lowest BCUT2D eigenvalue weighted by molar-refractivity contribution is 0.566. The van der Waals surface area contributed by atoms with Gasteiger partial charge in [0, 0.05) is 25.9 Å². The average Bonchev–Trinajstić information content (AvgIpc) is 2.73. The van der Waals surface area contributed by atoms with Crippen LogP contribution in [-0.2, 0) is 13.5 Å². The Kier molecular flexibility index (Phi) is 3.21. The summed E-state index contributed by atoms with van der Waals surface area (Å²) in [5.74, 6) is 0. The van der Waals surface area contributed by atoms with Crippen LogP contribution in [0.3, 0.4) is 0 Å². The maximum Gasteiger partial charge on any atom is 0.115 e. The van der Waals surface area contributed by atoms with Gasteiger partial charge in [0.05, 0.1) is 17.4 Å². The summed E-state index contributed by atoms with van der Waals surface area (Å²) < 4.78 is 1.70. The summed E-state index contributed by atoms with van der Waals surface area (Å²) >= 11 is 0. The lowest BCUT2D eigenvalue weighted by atomic mass is 10.1. The fraction of sp³-hybridized carbons (Fsp3) is 0.400. The maximum atomic E-state index is 4.22. The number of rotatable bonds is 4. The van der Waals surface area contributed by atoms with Gasteiger partial charge < -0.3 is 5.32 Å². The standard InChI is InChI=1S/C10H14N6/c1-11-10(9-3-4-12-7-13-9)5-8-6-16(2)15-14-8/h3-4,6-7,10-11H,5H2,1-2H3. The van der Waals surface area contributed by atoms with Crippen LogP contribution in [0, 0.1) is 0 Å². The zero-order chi connectivity index (χ0) is 11.4. The van der Waals surface area contributed by atoms with E-state index in [1.807, 2.05) is 26.4 Å². The molecular formula is C10H14N6. The van der Waals surface area contributed by atoms with E-state index in [0.29, 0.717) is 0 Å². The molecule has 2 aromatic rings. The van der Waals surface area contributed by atoms with Crippen molar-refractivity contribution in [2.45, 2.75) is 12.5 Å². The van der Waals surface area contributed by atoms with Crippen molar-refractivity contribution < 1.29 is 0 Å². The van der Waals surface area contributed by atoms with Gasteiger partial charge in [0.2, 0.25) is 0 Å². The molecule has 2 aromatic heterocycles. The molecule has 2 heterocycles. The number of aromatic nitrogens is 5. The minimum atomic E-state index is 0.139. The quantitative estimate of drug-likeness (QED) is 0.788. The zero-order valence-electron chi connectivity index (χ0n) is 9.33. The Balaban J connectivity index is 2.12. The molecule has 0 aliphatic rings. The molecule has 0 aromatic carbocycles. The van der Waals surface area contributed by atoms with Crippen molar-refractivity contribution >= 4 is 0 Å². The molecule has 0 aliphatic carbocycles. The SMILES string of the molecule is CNC(Cc1cn(C)nn1)c1ccncn1. The van der Waals surface area contributed by atoms with Gasteiger partial charge in [-0.1, -0.05) is 5.21 Å². The molecule has 84 valence electrons. The molecule has 6 heteroatoms. The monoisotopic (exact) mass is 218 g/mol. The third-order valence-electron chi connectivity index (χ3n) is 2.37. The lowest BCUT2D eigenvalue weighted by Gasteiger charge is -2.13. The third kappa shape index (κ3) is 2.40. The summed E-state index contributed by atoms with van der Waals surface area (Å²) in [6.45, 7) is 0. The van der Waals surface area contributed by atoms with Crippen LogP contribution in [0.2, 0.25) is 0 Å². The predicted octanol–water partition coefficient (Wildman–Crippen LogP) is 0.108. The van der Waals surface area contributed by atoms with Crippen LogP contribution in [0.15, 0.2) is 24.8 Å². The molecule has 0 bridgehead atoms. The molecule has 0 radical (unpaired) electrons. The normalized spacial score (nSPS) is 12.6. The van der Waals surface area contributed by atoms with Gasteiger partial charge in [-0.3, -0.25) is 4.68 Å². The molecule has 1 unspecified atom stereocenters. The van der Waals surface area contributed by atoms with Gasteiger partial charge in [-0.15, -0.1) is 5.10 Å². The largest absolute Gasteiger partial charge is 0.311 e. The highest BCUT2D eigenvalue weighted by atomic mass is 15.4. The van der Waals surface area contributed by atoms with Crippen molar-refractivity contribution in [3.05, 3.63) is 36.2 Å². The molecule has 0 saturated heterocycles.